The maximum absolute atomic E-state index is 2.36. The first kappa shape index (κ1) is 21.4. The quantitative estimate of drug-likeness (QED) is 0.227. The van der Waals surface area contributed by atoms with Gasteiger partial charge >= 0.3 is 0 Å². The molecule has 178 valence electrons. The molecule has 0 aliphatic heterocycles. The van der Waals surface area contributed by atoms with Crippen LogP contribution >= 0.6 is 11.3 Å². The maximum atomic E-state index is 2.36. The monoisotopic (exact) mass is 501 g/mol. The Labute approximate surface area is 224 Å². The summed E-state index contributed by atoms with van der Waals surface area (Å²) < 4.78 is 5.05. The van der Waals surface area contributed by atoms with E-state index in [1.807, 2.05) is 11.3 Å². The Kier molecular flexibility index (Phi) is 4.76. The Morgan fingerprint density at radius 2 is 0.921 bits per heavy atom. The highest BCUT2D eigenvalue weighted by Crippen LogP contribution is 2.40. The summed E-state index contributed by atoms with van der Waals surface area (Å²) in [5.41, 5.74) is 8.66. The lowest BCUT2D eigenvalue weighted by atomic mass is 9.97. The van der Waals surface area contributed by atoms with Gasteiger partial charge in [0.25, 0.3) is 0 Å². The second-order valence-electron chi connectivity index (χ2n) is 9.77. The van der Waals surface area contributed by atoms with Crippen molar-refractivity contribution < 1.29 is 0 Å². The smallest absolute Gasteiger partial charge is 0.0541 e. The molecule has 6 aromatic carbocycles. The molecule has 8 aromatic rings. The highest BCUT2D eigenvalue weighted by Gasteiger charge is 2.13. The van der Waals surface area contributed by atoms with Crippen LogP contribution in [0.2, 0.25) is 0 Å². The van der Waals surface area contributed by atoms with Crippen LogP contribution in [-0.4, -0.2) is 4.57 Å². The Hall–Kier alpha value is -4.66. The molecule has 2 heterocycles. The number of aromatic nitrogens is 1. The molecule has 2 aromatic heterocycles. The van der Waals surface area contributed by atoms with Crippen molar-refractivity contribution in [2.45, 2.75) is 0 Å². The zero-order chi connectivity index (χ0) is 25.1. The van der Waals surface area contributed by atoms with Crippen LogP contribution in [0, 0.1) is 0 Å². The molecule has 0 saturated carbocycles. The third-order valence-corrected chi connectivity index (χ3v) is 8.77. The normalized spacial score (nSPS) is 11.7. The summed E-state index contributed by atoms with van der Waals surface area (Å²) in [5, 5.41) is 5.27. The topological polar surface area (TPSA) is 4.93 Å². The minimum Gasteiger partial charge on any atom is -0.309 e. The van der Waals surface area contributed by atoms with Gasteiger partial charge in [0, 0.05) is 36.6 Å². The second-order valence-corrected chi connectivity index (χ2v) is 10.9. The van der Waals surface area contributed by atoms with Crippen LogP contribution < -0.4 is 0 Å². The first-order chi connectivity index (χ1) is 18.8. The standard InChI is InChI=1S/C36H23NS/c1-4-12-32-29(8-1)30-9-2-5-13-33(30)37(32)27-22-20-25(21-23-27)24-16-18-26(19-17-24)28-11-7-15-35-36(28)31-10-3-6-14-34(31)38-35/h1-23H. The van der Waals surface area contributed by atoms with E-state index < -0.39 is 0 Å². The van der Waals surface area contributed by atoms with Crippen LogP contribution in [-0.2, 0) is 0 Å². The number of rotatable bonds is 3. The number of hydrogen-bond acceptors (Lipinski definition) is 1. The summed E-state index contributed by atoms with van der Waals surface area (Å²) >= 11 is 1.87. The molecular weight excluding hydrogens is 478 g/mol. The average molecular weight is 502 g/mol. The van der Waals surface area contributed by atoms with Crippen LogP contribution in [0.3, 0.4) is 0 Å². The molecule has 0 bridgehead atoms. The van der Waals surface area contributed by atoms with E-state index in [2.05, 4.69) is 144 Å². The van der Waals surface area contributed by atoms with Crippen molar-refractivity contribution in [1.29, 1.82) is 0 Å². The molecule has 0 unspecified atom stereocenters. The van der Waals surface area contributed by atoms with Gasteiger partial charge in [0.1, 0.15) is 0 Å². The molecule has 38 heavy (non-hydrogen) atoms. The van der Waals surface area contributed by atoms with Crippen molar-refractivity contribution in [1.82, 2.24) is 4.57 Å². The minimum absolute atomic E-state index is 1.18. The largest absolute Gasteiger partial charge is 0.309 e. The number of para-hydroxylation sites is 2. The SMILES string of the molecule is c1ccc2c(c1)sc1cccc(-c3ccc(-c4ccc(-n5c6ccccc6c6ccccc65)cc4)cc3)c12. The zero-order valence-electron chi connectivity index (χ0n) is 20.6. The molecule has 2 heteroatoms. The molecular formula is C36H23NS. The summed E-state index contributed by atoms with van der Waals surface area (Å²) in [5.74, 6) is 0. The fourth-order valence-corrected chi connectivity index (χ4v) is 6.99. The van der Waals surface area contributed by atoms with E-state index in [9.17, 15) is 0 Å². The Bertz CT molecular complexity index is 2060. The minimum atomic E-state index is 1.18. The van der Waals surface area contributed by atoms with Gasteiger partial charge in [0.2, 0.25) is 0 Å². The van der Waals surface area contributed by atoms with Gasteiger partial charge in [-0.1, -0.05) is 103 Å². The number of nitrogens with zero attached hydrogens (tertiary/aromatic N) is 1. The predicted molar refractivity (Wildman–Crippen MR) is 165 cm³/mol. The lowest BCUT2D eigenvalue weighted by Crippen LogP contribution is -1.93. The zero-order valence-corrected chi connectivity index (χ0v) is 21.5. The van der Waals surface area contributed by atoms with E-state index in [0.29, 0.717) is 0 Å². The van der Waals surface area contributed by atoms with Crippen LogP contribution in [0.25, 0.3) is 69.9 Å². The molecule has 8 rings (SSSR count). The van der Waals surface area contributed by atoms with Crippen LogP contribution in [0.1, 0.15) is 0 Å². The summed E-state index contributed by atoms with van der Waals surface area (Å²) in [6, 6.07) is 50.7. The molecule has 0 atom stereocenters. The fourth-order valence-electron chi connectivity index (χ4n) is 5.86. The van der Waals surface area contributed by atoms with Crippen LogP contribution in [0.15, 0.2) is 140 Å². The van der Waals surface area contributed by atoms with Crippen molar-refractivity contribution >= 4 is 53.3 Å². The van der Waals surface area contributed by atoms with Crippen molar-refractivity contribution in [3.8, 4) is 27.9 Å². The molecule has 0 aliphatic rings. The van der Waals surface area contributed by atoms with Gasteiger partial charge in [0.15, 0.2) is 0 Å². The number of benzene rings is 6. The Morgan fingerprint density at radius 3 is 1.61 bits per heavy atom. The number of hydrogen-bond donors (Lipinski definition) is 0. The van der Waals surface area contributed by atoms with E-state index in [4.69, 9.17) is 0 Å². The molecule has 0 N–H and O–H groups in total. The van der Waals surface area contributed by atoms with E-state index >= 15 is 0 Å². The summed E-state index contributed by atoms with van der Waals surface area (Å²) in [4.78, 5) is 0. The third-order valence-electron chi connectivity index (χ3n) is 7.64. The molecule has 0 aliphatic carbocycles. The predicted octanol–water partition coefficient (Wildman–Crippen LogP) is 10.5. The molecule has 1 nitrogen and oxygen atoms in total. The van der Waals surface area contributed by atoms with Crippen molar-refractivity contribution in [3.05, 3.63) is 140 Å². The molecule has 0 saturated heterocycles. The van der Waals surface area contributed by atoms with Crippen molar-refractivity contribution in [2.75, 3.05) is 0 Å². The molecule has 0 spiro atoms. The van der Waals surface area contributed by atoms with Gasteiger partial charge in [-0.2, -0.15) is 0 Å². The lowest BCUT2D eigenvalue weighted by Gasteiger charge is -2.10. The van der Waals surface area contributed by atoms with E-state index in [0.717, 1.165) is 0 Å². The Morgan fingerprint density at radius 1 is 0.395 bits per heavy atom. The van der Waals surface area contributed by atoms with Gasteiger partial charge in [-0.15, -0.1) is 11.3 Å². The number of fused-ring (bicyclic) bond motifs is 6. The Balaban J connectivity index is 1.18. The van der Waals surface area contributed by atoms with Crippen LogP contribution in [0.5, 0.6) is 0 Å². The highest BCUT2D eigenvalue weighted by atomic mass is 32.1. The molecule has 0 radical (unpaired) electrons. The average Bonchev–Trinajstić information content (AvgIpc) is 3.53. The first-order valence-electron chi connectivity index (χ1n) is 12.9. The highest BCUT2D eigenvalue weighted by molar-refractivity contribution is 7.25. The van der Waals surface area contributed by atoms with Gasteiger partial charge in [0.05, 0.1) is 11.0 Å². The van der Waals surface area contributed by atoms with Crippen molar-refractivity contribution in [2.24, 2.45) is 0 Å². The first-order valence-corrected chi connectivity index (χ1v) is 13.8. The lowest BCUT2D eigenvalue weighted by molar-refractivity contribution is 1.18. The summed E-state index contributed by atoms with van der Waals surface area (Å²) in [6.45, 7) is 0. The van der Waals surface area contributed by atoms with E-state index in [-0.39, 0.29) is 0 Å². The van der Waals surface area contributed by atoms with Crippen molar-refractivity contribution in [3.63, 3.8) is 0 Å². The second kappa shape index (κ2) is 8.44. The number of thiophene rings is 1. The molecule has 0 fully saturated rings. The summed E-state index contributed by atoms with van der Waals surface area (Å²) in [7, 11) is 0. The van der Waals surface area contributed by atoms with Gasteiger partial charge in [-0.05, 0) is 58.7 Å². The summed E-state index contributed by atoms with van der Waals surface area (Å²) in [6.07, 6.45) is 0. The van der Waals surface area contributed by atoms with Gasteiger partial charge in [-0.3, -0.25) is 0 Å². The van der Waals surface area contributed by atoms with Gasteiger partial charge in [-0.25, -0.2) is 0 Å². The van der Waals surface area contributed by atoms with Gasteiger partial charge < -0.3 is 4.57 Å². The van der Waals surface area contributed by atoms with E-state index in [1.54, 1.807) is 0 Å². The van der Waals surface area contributed by atoms with E-state index in [1.165, 1.54) is 69.9 Å². The molecule has 0 amide bonds. The third kappa shape index (κ3) is 3.24. The van der Waals surface area contributed by atoms with Crippen LogP contribution in [0.4, 0.5) is 0 Å². The fraction of sp³-hybridized carbons (Fsp3) is 0. The maximum Gasteiger partial charge on any atom is 0.0541 e.